The number of carbonyl (C=O) groups is 6. The number of aromatic nitrogens is 4. The highest BCUT2D eigenvalue weighted by Crippen LogP contribution is 2.38. The molecule has 1 amide bonds. The van der Waals surface area contributed by atoms with Crippen LogP contribution in [0.2, 0.25) is 0 Å². The molecule has 21 nitrogen and oxygen atoms in total. The van der Waals surface area contributed by atoms with E-state index >= 15 is 0 Å². The molecule has 2 aliphatic heterocycles. The number of unbranched alkanes of at least 4 members (excludes halogenated alkanes) is 4. The van der Waals surface area contributed by atoms with E-state index in [1.807, 2.05) is 21.0 Å². The van der Waals surface area contributed by atoms with Crippen LogP contribution in [0.1, 0.15) is 122 Å². The number of hydrogen-bond acceptors (Lipinski definition) is 18. The molecule has 0 saturated carbocycles. The van der Waals surface area contributed by atoms with Crippen molar-refractivity contribution >= 4 is 58.9 Å². The zero-order chi connectivity index (χ0) is 56.1. The van der Waals surface area contributed by atoms with Crippen LogP contribution in [0.4, 0.5) is 5.82 Å². The van der Waals surface area contributed by atoms with Crippen molar-refractivity contribution in [2.75, 3.05) is 40.5 Å². The Kier molecular flexibility index (Phi) is 22.5. The van der Waals surface area contributed by atoms with Gasteiger partial charge in [-0.05, 0) is 75.4 Å². The summed E-state index contributed by atoms with van der Waals surface area (Å²) in [4.78, 5) is 97.3. The van der Waals surface area contributed by atoms with E-state index in [0.717, 1.165) is 19.3 Å². The maximum Gasteiger partial charge on any atom is 0.338 e. The highest BCUT2D eigenvalue weighted by molar-refractivity contribution is 5.91. The number of imidazole rings is 1. The molecule has 2 aliphatic rings. The maximum atomic E-state index is 13.6. The maximum absolute atomic E-state index is 13.6. The molecule has 9 atom stereocenters. The Hall–Kier alpha value is -7.46. The second kappa shape index (κ2) is 30.1. The molecule has 422 valence electrons. The fourth-order valence-electron chi connectivity index (χ4n) is 9.09. The van der Waals surface area contributed by atoms with Gasteiger partial charge in [0.25, 0.3) is 0 Å². The average Bonchev–Trinajstić information content (AvgIpc) is 4.28. The largest absolute Gasteiger partial charge is 0.459 e. The van der Waals surface area contributed by atoms with Gasteiger partial charge in [0.05, 0.1) is 41.9 Å². The molecule has 5 aromatic rings. The third-order valence-corrected chi connectivity index (χ3v) is 13.3. The Labute approximate surface area is 459 Å². The van der Waals surface area contributed by atoms with Gasteiger partial charge in [-0.2, -0.15) is 0 Å². The number of ether oxygens (including phenoxy) is 8. The number of ketones is 1. The normalized spacial score (nSPS) is 21.8. The first kappa shape index (κ1) is 59.2. The molecule has 0 aliphatic carbocycles. The van der Waals surface area contributed by atoms with Crippen molar-refractivity contribution in [3.63, 3.8) is 0 Å². The second-order valence-electron chi connectivity index (χ2n) is 19.6. The summed E-state index contributed by atoms with van der Waals surface area (Å²) in [7, 11) is 3.69. The molecule has 0 spiro atoms. The van der Waals surface area contributed by atoms with Gasteiger partial charge in [0.1, 0.15) is 37.0 Å². The fourth-order valence-corrected chi connectivity index (χ4v) is 9.09. The minimum absolute atomic E-state index is 0.0520. The van der Waals surface area contributed by atoms with Crippen LogP contribution in [0.3, 0.4) is 0 Å². The van der Waals surface area contributed by atoms with E-state index in [2.05, 4.69) is 25.3 Å². The molecule has 3 aromatic carbocycles. The Morgan fingerprint density at radius 1 is 0.671 bits per heavy atom. The van der Waals surface area contributed by atoms with E-state index in [1.165, 1.54) is 13.3 Å². The third-order valence-electron chi connectivity index (χ3n) is 13.3. The van der Waals surface area contributed by atoms with Crippen molar-refractivity contribution in [3.05, 3.63) is 120 Å². The molecule has 7 rings (SSSR count). The lowest BCUT2D eigenvalue weighted by molar-refractivity contribution is -0.281. The molecule has 0 radical (unpaired) electrons. The van der Waals surface area contributed by atoms with Crippen LogP contribution in [-0.2, 0) is 52.3 Å². The van der Waals surface area contributed by atoms with Crippen molar-refractivity contribution in [2.24, 2.45) is 10.9 Å². The van der Waals surface area contributed by atoms with E-state index < -0.39 is 78.9 Å². The van der Waals surface area contributed by atoms with Gasteiger partial charge in [0, 0.05) is 52.6 Å². The van der Waals surface area contributed by atoms with Crippen LogP contribution < -0.4 is 5.32 Å². The van der Waals surface area contributed by atoms with Gasteiger partial charge < -0.3 is 52.9 Å². The highest BCUT2D eigenvalue weighted by atomic mass is 16.7. The van der Waals surface area contributed by atoms with Crippen LogP contribution in [0.5, 0.6) is 0 Å². The quantitative estimate of drug-likeness (QED) is 0.0160. The van der Waals surface area contributed by atoms with Gasteiger partial charge in [-0.3, -0.25) is 14.2 Å². The summed E-state index contributed by atoms with van der Waals surface area (Å²) >= 11 is 0. The second-order valence-corrected chi connectivity index (χ2v) is 19.6. The SMILES string of the molecule is CC[C@H]1O[C@@H](n2cnc3c(/N=C\N(C)C)ncnc32)[C@@H](OCCCCCCNC(=O)CCCCO[C@@H]2O[C@H](COC(=O)c3ccccc3)[C@H](OC(=O)c3ccccc3)[C@H](OC(=O)c3ccccc3)[C@H]2C)C1OC(=O)CCC(C)=O. The molecule has 2 aromatic heterocycles. The molecule has 2 saturated heterocycles. The number of nitrogens with one attached hydrogen (secondary N) is 1. The van der Waals surface area contributed by atoms with Crippen molar-refractivity contribution in [1.82, 2.24) is 29.7 Å². The van der Waals surface area contributed by atoms with Crippen molar-refractivity contribution in [1.29, 1.82) is 0 Å². The van der Waals surface area contributed by atoms with Crippen LogP contribution >= 0.6 is 0 Å². The Morgan fingerprint density at radius 2 is 1.28 bits per heavy atom. The van der Waals surface area contributed by atoms with E-state index in [9.17, 15) is 28.8 Å². The standard InChI is InChI=1S/C58H71N7O14/c1-6-43-49(77-46(68)30-29-38(2)66)51(54(75-43)65-37-62-47-52(63-36-64(4)5)60-35-61-53(47)65)72-32-20-8-7-19-31-59-45(67)28-18-21-33-73-58-39(3)48(78-56(70)41-24-14-10-15-25-41)50(79-57(71)42-26-16-11-17-27-42)44(76-58)34-74-55(69)40-22-12-9-13-23-40/h9-17,22-27,35-37,39,43-44,48-51,54,58H,6-8,18-21,28-34H2,1-5H3,(H,59,67)/b63-36-/t39-,43-,44-,48-,49?,50+,51+,54-,58-/m1/s1. The minimum Gasteiger partial charge on any atom is -0.459 e. The molecule has 4 heterocycles. The predicted molar refractivity (Wildman–Crippen MR) is 288 cm³/mol. The van der Waals surface area contributed by atoms with Crippen LogP contribution in [0, 0.1) is 5.92 Å². The number of Topliss-reactive ketones (excluding diaryl/α,β-unsaturated/α-hetero) is 1. The first-order valence-corrected chi connectivity index (χ1v) is 26.9. The lowest BCUT2D eigenvalue weighted by Gasteiger charge is -2.44. The summed E-state index contributed by atoms with van der Waals surface area (Å²) in [6.45, 7) is 5.79. The lowest BCUT2D eigenvalue weighted by atomic mass is 9.91. The lowest BCUT2D eigenvalue weighted by Crippen LogP contribution is -2.58. The summed E-state index contributed by atoms with van der Waals surface area (Å²) in [5.74, 6) is -2.95. The minimum atomic E-state index is -1.20. The molecule has 0 bridgehead atoms. The topological polar surface area (TPSA) is 247 Å². The van der Waals surface area contributed by atoms with Gasteiger partial charge in [-0.25, -0.2) is 34.3 Å². The van der Waals surface area contributed by atoms with Gasteiger partial charge >= 0.3 is 23.9 Å². The molecule has 1 N–H and O–H groups in total. The number of carbonyl (C=O) groups excluding carboxylic acids is 6. The number of hydrogen-bond donors (Lipinski definition) is 1. The smallest absolute Gasteiger partial charge is 0.338 e. The zero-order valence-electron chi connectivity index (χ0n) is 45.4. The number of benzene rings is 3. The number of aliphatic imine (C=N–C) groups is 1. The molecule has 79 heavy (non-hydrogen) atoms. The van der Waals surface area contributed by atoms with Gasteiger partial charge in [0.2, 0.25) is 5.91 Å². The number of fused-ring (bicyclic) bond motifs is 1. The van der Waals surface area contributed by atoms with Gasteiger partial charge in [-0.15, -0.1) is 0 Å². The first-order chi connectivity index (χ1) is 38.3. The van der Waals surface area contributed by atoms with Crippen LogP contribution in [0.25, 0.3) is 11.2 Å². The molecule has 21 heteroatoms. The predicted octanol–water partition coefficient (Wildman–Crippen LogP) is 7.55. The molecule has 2 fully saturated rings. The Morgan fingerprint density at radius 3 is 1.92 bits per heavy atom. The Balaban J connectivity index is 0.881. The molecular formula is C58H71N7O14. The van der Waals surface area contributed by atoms with Crippen molar-refractivity contribution < 1.29 is 66.7 Å². The van der Waals surface area contributed by atoms with E-state index in [0.29, 0.717) is 61.4 Å². The number of amides is 1. The molecule has 1 unspecified atom stereocenters. The summed E-state index contributed by atoms with van der Waals surface area (Å²) in [6.07, 6.45) is 2.44. The number of nitrogens with zero attached hydrogens (tertiary/aromatic N) is 6. The average molecular weight is 1090 g/mol. The highest BCUT2D eigenvalue weighted by Gasteiger charge is 2.50. The zero-order valence-corrected chi connectivity index (χ0v) is 45.4. The Bertz CT molecular complexity index is 2800. The van der Waals surface area contributed by atoms with Crippen LogP contribution in [-0.4, -0.2) is 150 Å². The monoisotopic (exact) mass is 1090 g/mol. The number of rotatable bonds is 29. The summed E-state index contributed by atoms with van der Waals surface area (Å²) < 4.78 is 51.2. The van der Waals surface area contributed by atoms with E-state index in [-0.39, 0.29) is 55.3 Å². The summed E-state index contributed by atoms with van der Waals surface area (Å²) in [6, 6.07) is 25.2. The summed E-state index contributed by atoms with van der Waals surface area (Å²) in [5, 5.41) is 3.00. The number of esters is 4. The first-order valence-electron chi connectivity index (χ1n) is 26.9. The van der Waals surface area contributed by atoms with Gasteiger partial charge in [0.15, 0.2) is 41.7 Å². The molecular weight excluding hydrogens is 1020 g/mol. The van der Waals surface area contributed by atoms with Gasteiger partial charge in [-0.1, -0.05) is 81.3 Å². The van der Waals surface area contributed by atoms with E-state index in [1.54, 1.807) is 120 Å². The van der Waals surface area contributed by atoms with E-state index in [4.69, 9.17) is 37.9 Å². The summed E-state index contributed by atoms with van der Waals surface area (Å²) in [5.41, 5.74) is 1.81. The van der Waals surface area contributed by atoms with Crippen LogP contribution in [0.15, 0.2) is 109 Å². The fraction of sp³-hybridized carbons (Fsp3) is 0.483. The van der Waals surface area contributed by atoms with Crippen molar-refractivity contribution in [3.8, 4) is 0 Å². The third kappa shape index (κ3) is 17.0. The van der Waals surface area contributed by atoms with Crippen molar-refractivity contribution in [2.45, 2.75) is 134 Å².